The molecule has 0 radical (unpaired) electrons. The van der Waals surface area contributed by atoms with Gasteiger partial charge in [-0.1, -0.05) is 11.2 Å². The molecule has 2 amide bonds. The summed E-state index contributed by atoms with van der Waals surface area (Å²) >= 11 is 0. The van der Waals surface area contributed by atoms with Gasteiger partial charge >= 0.3 is 0 Å². The molecule has 8 nitrogen and oxygen atoms in total. The van der Waals surface area contributed by atoms with Crippen molar-refractivity contribution in [2.45, 2.75) is 19.3 Å². The van der Waals surface area contributed by atoms with E-state index >= 15 is 0 Å². The highest BCUT2D eigenvalue weighted by Gasteiger charge is 2.46. The molecule has 2 unspecified atom stereocenters. The molecule has 1 aliphatic carbocycles. The van der Waals surface area contributed by atoms with Crippen molar-refractivity contribution >= 4 is 11.8 Å². The summed E-state index contributed by atoms with van der Waals surface area (Å²) < 4.78 is 15.8. The van der Waals surface area contributed by atoms with Crippen LogP contribution in [-0.2, 0) is 4.79 Å². The maximum Gasteiger partial charge on any atom is 0.276 e. The molecule has 8 heteroatoms. The molecule has 0 bridgehead atoms. The fourth-order valence-electron chi connectivity index (χ4n) is 3.97. The topological polar surface area (TPSA) is 85.1 Å². The quantitative estimate of drug-likeness (QED) is 0.804. The van der Waals surface area contributed by atoms with Gasteiger partial charge in [-0.15, -0.1) is 0 Å². The van der Waals surface area contributed by atoms with Crippen molar-refractivity contribution in [3.63, 3.8) is 0 Å². The third-order valence-corrected chi connectivity index (χ3v) is 5.66. The van der Waals surface area contributed by atoms with Crippen molar-refractivity contribution < 1.29 is 23.6 Å². The lowest BCUT2D eigenvalue weighted by Gasteiger charge is -2.34. The number of hydrogen-bond donors (Lipinski definition) is 0. The minimum absolute atomic E-state index is 0.0146. The number of rotatable bonds is 3. The number of carbonyl (C=O) groups is 2. The van der Waals surface area contributed by atoms with Gasteiger partial charge in [0.15, 0.2) is 17.2 Å². The first-order valence-electron chi connectivity index (χ1n) is 9.51. The molecule has 1 saturated heterocycles. The van der Waals surface area contributed by atoms with Crippen LogP contribution < -0.4 is 9.47 Å². The van der Waals surface area contributed by atoms with Gasteiger partial charge in [0.05, 0.1) is 0 Å². The molecule has 1 aromatic carbocycles. The minimum atomic E-state index is -0.145. The van der Waals surface area contributed by atoms with Crippen LogP contribution >= 0.6 is 0 Å². The Morgan fingerprint density at radius 1 is 1.04 bits per heavy atom. The van der Waals surface area contributed by atoms with Gasteiger partial charge in [-0.05, 0) is 37.0 Å². The summed E-state index contributed by atoms with van der Waals surface area (Å²) in [7, 11) is 0. The number of carbonyl (C=O) groups excluding carboxylic acids is 2. The Morgan fingerprint density at radius 2 is 1.79 bits per heavy atom. The van der Waals surface area contributed by atoms with Gasteiger partial charge < -0.3 is 23.8 Å². The molecule has 5 rings (SSSR count). The summed E-state index contributed by atoms with van der Waals surface area (Å²) in [6.07, 6.45) is 0.857. The predicted molar refractivity (Wildman–Crippen MR) is 97.1 cm³/mol. The van der Waals surface area contributed by atoms with Crippen LogP contribution in [0.1, 0.15) is 34.2 Å². The van der Waals surface area contributed by atoms with Gasteiger partial charge in [0.25, 0.3) is 5.91 Å². The van der Waals surface area contributed by atoms with Crippen molar-refractivity contribution in [3.05, 3.63) is 41.3 Å². The third kappa shape index (κ3) is 2.98. The first-order chi connectivity index (χ1) is 13.6. The van der Waals surface area contributed by atoms with Gasteiger partial charge in [0.1, 0.15) is 5.76 Å². The Labute approximate surface area is 162 Å². The lowest BCUT2D eigenvalue weighted by Crippen LogP contribution is -2.51. The van der Waals surface area contributed by atoms with Gasteiger partial charge in [-0.3, -0.25) is 9.59 Å². The van der Waals surface area contributed by atoms with E-state index < -0.39 is 0 Å². The maximum atomic E-state index is 12.9. The number of ether oxygens (including phenoxy) is 2. The SMILES string of the molecule is Cc1cc(C(=O)N2CCN(C(=O)C3CC3c3ccc4c(c3)OCO4)CC2)no1. The zero-order valence-electron chi connectivity index (χ0n) is 15.6. The molecule has 2 aliphatic heterocycles. The van der Waals surface area contributed by atoms with Gasteiger partial charge in [0.2, 0.25) is 12.7 Å². The average Bonchev–Trinajstić information content (AvgIpc) is 3.16. The van der Waals surface area contributed by atoms with E-state index in [4.69, 9.17) is 14.0 Å². The summed E-state index contributed by atoms with van der Waals surface area (Å²) in [5, 5.41) is 3.79. The smallest absolute Gasteiger partial charge is 0.276 e. The monoisotopic (exact) mass is 383 g/mol. The summed E-state index contributed by atoms with van der Waals surface area (Å²) in [5.41, 5.74) is 1.44. The highest BCUT2D eigenvalue weighted by atomic mass is 16.7. The van der Waals surface area contributed by atoms with Crippen LogP contribution in [0.4, 0.5) is 0 Å². The molecule has 1 aromatic heterocycles. The first kappa shape index (κ1) is 17.1. The van der Waals surface area contributed by atoms with E-state index in [1.165, 1.54) is 0 Å². The summed E-state index contributed by atoms with van der Waals surface area (Å²) in [6.45, 7) is 4.13. The molecular formula is C20H21N3O5. The van der Waals surface area contributed by atoms with Crippen LogP contribution in [-0.4, -0.2) is 59.7 Å². The Morgan fingerprint density at radius 3 is 2.54 bits per heavy atom. The highest BCUT2D eigenvalue weighted by Crippen LogP contribution is 2.50. The van der Waals surface area contributed by atoms with Crippen molar-refractivity contribution in [2.24, 2.45) is 5.92 Å². The lowest BCUT2D eigenvalue weighted by molar-refractivity contribution is -0.134. The molecular weight excluding hydrogens is 362 g/mol. The average molecular weight is 383 g/mol. The molecule has 2 fully saturated rings. The number of hydrogen-bond acceptors (Lipinski definition) is 6. The lowest BCUT2D eigenvalue weighted by atomic mass is 10.1. The van der Waals surface area contributed by atoms with Gasteiger partial charge in [-0.2, -0.15) is 0 Å². The number of benzene rings is 1. The molecule has 28 heavy (non-hydrogen) atoms. The van der Waals surface area contributed by atoms with E-state index in [0.29, 0.717) is 37.6 Å². The number of aryl methyl sites for hydroxylation is 1. The van der Waals surface area contributed by atoms with Crippen LogP contribution in [0.3, 0.4) is 0 Å². The minimum Gasteiger partial charge on any atom is -0.454 e. The second kappa shape index (κ2) is 6.54. The maximum absolute atomic E-state index is 12.9. The van der Waals surface area contributed by atoms with E-state index in [-0.39, 0.29) is 30.4 Å². The molecule has 3 aliphatic rings. The Hall–Kier alpha value is -3.03. The van der Waals surface area contributed by atoms with Crippen LogP contribution in [0, 0.1) is 12.8 Å². The fraction of sp³-hybridized carbons (Fsp3) is 0.450. The zero-order chi connectivity index (χ0) is 19.3. The van der Waals surface area contributed by atoms with E-state index in [9.17, 15) is 9.59 Å². The second-order valence-electron chi connectivity index (χ2n) is 7.50. The number of amides is 2. The van der Waals surface area contributed by atoms with Crippen molar-refractivity contribution in [2.75, 3.05) is 33.0 Å². The molecule has 2 atom stereocenters. The Bertz CT molecular complexity index is 932. The zero-order valence-corrected chi connectivity index (χ0v) is 15.6. The van der Waals surface area contributed by atoms with E-state index in [2.05, 4.69) is 5.16 Å². The van der Waals surface area contributed by atoms with Crippen molar-refractivity contribution in [3.8, 4) is 11.5 Å². The number of fused-ring (bicyclic) bond motifs is 1. The van der Waals surface area contributed by atoms with Crippen LogP contribution in [0.25, 0.3) is 0 Å². The fourth-order valence-corrected chi connectivity index (χ4v) is 3.97. The summed E-state index contributed by atoms with van der Waals surface area (Å²) in [4.78, 5) is 28.9. The molecule has 2 aromatic rings. The predicted octanol–water partition coefficient (Wildman–Crippen LogP) is 1.80. The molecule has 146 valence electrons. The summed E-state index contributed by atoms with van der Waals surface area (Å²) in [6, 6.07) is 7.55. The van der Waals surface area contributed by atoms with Gasteiger partial charge in [-0.25, -0.2) is 0 Å². The Balaban J connectivity index is 1.17. The number of aromatic nitrogens is 1. The highest BCUT2D eigenvalue weighted by molar-refractivity contribution is 5.92. The van der Waals surface area contributed by atoms with Crippen molar-refractivity contribution in [1.82, 2.24) is 15.0 Å². The molecule has 1 saturated carbocycles. The number of nitrogens with zero attached hydrogens (tertiary/aromatic N) is 3. The van der Waals surface area contributed by atoms with Crippen molar-refractivity contribution in [1.29, 1.82) is 0 Å². The molecule has 3 heterocycles. The third-order valence-electron chi connectivity index (χ3n) is 5.66. The molecule has 0 N–H and O–H groups in total. The largest absolute Gasteiger partial charge is 0.454 e. The standard InChI is InChI=1S/C20H21N3O5/c1-12-8-16(21-28-12)20(25)23-6-4-22(5-7-23)19(24)15-10-14(15)13-2-3-17-18(9-13)27-11-26-17/h2-3,8-9,14-15H,4-7,10-11H2,1H3. The van der Waals surface area contributed by atoms with Gasteiger partial charge in [0, 0.05) is 38.2 Å². The summed E-state index contributed by atoms with van der Waals surface area (Å²) in [5.74, 6) is 2.41. The Kier molecular flexibility index (Phi) is 3.99. The normalized spacial score (nSPS) is 23.0. The van der Waals surface area contributed by atoms with Crippen LogP contribution in [0.2, 0.25) is 0 Å². The van der Waals surface area contributed by atoms with E-state index in [1.807, 2.05) is 23.1 Å². The van der Waals surface area contributed by atoms with Crippen LogP contribution in [0.15, 0.2) is 28.8 Å². The van der Waals surface area contributed by atoms with Crippen LogP contribution in [0.5, 0.6) is 11.5 Å². The molecule has 0 spiro atoms. The van der Waals surface area contributed by atoms with E-state index in [0.717, 1.165) is 23.5 Å². The number of piperazine rings is 1. The first-order valence-corrected chi connectivity index (χ1v) is 9.51. The second-order valence-corrected chi connectivity index (χ2v) is 7.50. The van der Waals surface area contributed by atoms with E-state index in [1.54, 1.807) is 17.9 Å².